The Bertz CT molecular complexity index is 312. The van der Waals surface area contributed by atoms with Crippen LogP contribution in [-0.2, 0) is 9.47 Å². The number of nitrogens with two attached hydrogens (primary N) is 1. The molecule has 0 saturated carbocycles. The number of rotatable bonds is 7. The van der Waals surface area contributed by atoms with Gasteiger partial charge in [-0.1, -0.05) is 25.8 Å². The predicted molar refractivity (Wildman–Crippen MR) is 84.7 cm³/mol. The van der Waals surface area contributed by atoms with E-state index >= 15 is 0 Å². The molecule has 0 aromatic carbocycles. The van der Waals surface area contributed by atoms with E-state index in [4.69, 9.17) is 14.6 Å². The van der Waals surface area contributed by atoms with Crippen LogP contribution >= 0.6 is 11.9 Å². The Labute approximate surface area is 127 Å². The maximum absolute atomic E-state index is 11.6. The van der Waals surface area contributed by atoms with Crippen molar-refractivity contribution in [2.24, 2.45) is 10.6 Å². The fraction of sp³-hybridized carbons (Fsp3) is 0.929. The monoisotopic (exact) mass is 306 g/mol. The van der Waals surface area contributed by atoms with Crippen molar-refractivity contribution in [3.05, 3.63) is 0 Å². The first-order valence-corrected chi connectivity index (χ1v) is 7.67. The van der Waals surface area contributed by atoms with E-state index in [1.54, 1.807) is 0 Å². The van der Waals surface area contributed by atoms with Gasteiger partial charge in [-0.05, 0) is 34.6 Å². The summed E-state index contributed by atoms with van der Waals surface area (Å²) in [6.07, 6.45) is -0.400. The Balaban J connectivity index is 4.04. The van der Waals surface area contributed by atoms with Gasteiger partial charge in [-0.2, -0.15) is 0 Å². The zero-order valence-electron chi connectivity index (χ0n) is 13.8. The second-order valence-corrected chi connectivity index (χ2v) is 8.73. The fourth-order valence-electron chi connectivity index (χ4n) is 1.28. The fourth-order valence-corrected chi connectivity index (χ4v) is 1.44. The molecule has 5 nitrogen and oxygen atoms in total. The maximum Gasteiger partial charge on any atom is 0.407 e. The first-order chi connectivity index (χ1) is 8.87. The summed E-state index contributed by atoms with van der Waals surface area (Å²) in [4.78, 5) is 11.6. The van der Waals surface area contributed by atoms with E-state index in [0.717, 1.165) is 0 Å². The molecule has 0 aliphatic carbocycles. The van der Waals surface area contributed by atoms with Crippen molar-refractivity contribution in [1.82, 2.24) is 5.32 Å². The highest BCUT2D eigenvalue weighted by atomic mass is 32.2. The van der Waals surface area contributed by atoms with Gasteiger partial charge in [0.25, 0.3) is 0 Å². The Kier molecular flexibility index (Phi) is 7.35. The molecule has 20 heavy (non-hydrogen) atoms. The van der Waals surface area contributed by atoms with Gasteiger partial charge >= 0.3 is 6.09 Å². The molecule has 0 unspecified atom stereocenters. The number of hydrogen-bond donors (Lipinski definition) is 2. The number of alkyl carbamates (subject to hydrolysis) is 1. The van der Waals surface area contributed by atoms with E-state index in [2.05, 4.69) is 5.32 Å². The molecule has 0 saturated heterocycles. The maximum atomic E-state index is 11.6. The van der Waals surface area contributed by atoms with E-state index in [9.17, 15) is 4.79 Å². The Morgan fingerprint density at radius 3 is 2.10 bits per heavy atom. The second-order valence-electron chi connectivity index (χ2n) is 7.39. The number of nitrogens with one attached hydrogen (secondary N) is 1. The SMILES string of the molecule is CC(C)(CNC(=O)OC(C)(C)C)COCC(C)(C)SN. The second kappa shape index (κ2) is 7.52. The minimum Gasteiger partial charge on any atom is -0.444 e. The standard InChI is InChI=1S/C14H30N2O3S/c1-12(2,3)19-11(17)16-8-13(4,5)9-18-10-14(6,7)20-15/h8-10,15H2,1-7H3,(H,16,17). The van der Waals surface area contributed by atoms with Gasteiger partial charge in [0.1, 0.15) is 5.60 Å². The van der Waals surface area contributed by atoms with Crippen molar-refractivity contribution in [2.75, 3.05) is 19.8 Å². The molecule has 0 aromatic rings. The van der Waals surface area contributed by atoms with Crippen LogP contribution in [0.25, 0.3) is 0 Å². The highest BCUT2D eigenvalue weighted by Crippen LogP contribution is 2.21. The van der Waals surface area contributed by atoms with Gasteiger partial charge in [0.15, 0.2) is 0 Å². The van der Waals surface area contributed by atoms with E-state index in [1.807, 2.05) is 48.5 Å². The Hall–Kier alpha value is -0.460. The third-order valence-electron chi connectivity index (χ3n) is 2.37. The van der Waals surface area contributed by atoms with Crippen LogP contribution in [0, 0.1) is 5.41 Å². The molecule has 0 rings (SSSR count). The average Bonchev–Trinajstić information content (AvgIpc) is 2.24. The van der Waals surface area contributed by atoms with Gasteiger partial charge in [-0.25, -0.2) is 4.79 Å². The van der Waals surface area contributed by atoms with Crippen LogP contribution in [0.2, 0.25) is 0 Å². The number of hydrogen-bond acceptors (Lipinski definition) is 5. The molecular formula is C14H30N2O3S. The summed E-state index contributed by atoms with van der Waals surface area (Å²) in [6, 6.07) is 0. The van der Waals surface area contributed by atoms with Gasteiger partial charge in [0.05, 0.1) is 13.2 Å². The third-order valence-corrected chi connectivity index (χ3v) is 3.13. The van der Waals surface area contributed by atoms with Crippen molar-refractivity contribution in [1.29, 1.82) is 0 Å². The predicted octanol–water partition coefficient (Wildman–Crippen LogP) is 2.94. The summed E-state index contributed by atoms with van der Waals surface area (Å²) < 4.78 is 10.8. The first kappa shape index (κ1) is 19.5. The molecular weight excluding hydrogens is 276 g/mol. The molecule has 6 heteroatoms. The number of ether oxygens (including phenoxy) is 2. The van der Waals surface area contributed by atoms with Crippen molar-refractivity contribution in [3.63, 3.8) is 0 Å². The van der Waals surface area contributed by atoms with Gasteiger partial charge in [0, 0.05) is 16.7 Å². The molecule has 0 aliphatic rings. The molecule has 0 fully saturated rings. The van der Waals surface area contributed by atoms with Crippen molar-refractivity contribution in [3.8, 4) is 0 Å². The van der Waals surface area contributed by atoms with E-state index in [1.165, 1.54) is 11.9 Å². The zero-order valence-corrected chi connectivity index (χ0v) is 14.6. The van der Waals surface area contributed by atoms with Gasteiger partial charge in [-0.3, -0.25) is 5.14 Å². The van der Waals surface area contributed by atoms with Crippen LogP contribution in [0.1, 0.15) is 48.5 Å². The van der Waals surface area contributed by atoms with E-state index in [-0.39, 0.29) is 10.2 Å². The molecule has 0 heterocycles. The lowest BCUT2D eigenvalue weighted by Crippen LogP contribution is -2.40. The lowest BCUT2D eigenvalue weighted by molar-refractivity contribution is 0.0374. The minimum atomic E-state index is -0.479. The summed E-state index contributed by atoms with van der Waals surface area (Å²) in [5, 5.41) is 8.35. The Morgan fingerprint density at radius 2 is 1.65 bits per heavy atom. The lowest BCUT2D eigenvalue weighted by Gasteiger charge is -2.28. The molecule has 0 radical (unpaired) electrons. The third kappa shape index (κ3) is 10.3. The molecule has 0 spiro atoms. The number of carbonyl (C=O) groups is 1. The molecule has 1 amide bonds. The zero-order chi connectivity index (χ0) is 16.0. The quantitative estimate of drug-likeness (QED) is 0.707. The summed E-state index contributed by atoms with van der Waals surface area (Å²) in [5.41, 5.74) is -0.640. The summed E-state index contributed by atoms with van der Waals surface area (Å²) >= 11 is 1.29. The molecule has 120 valence electrons. The van der Waals surface area contributed by atoms with Crippen LogP contribution in [0.4, 0.5) is 4.79 Å². The minimum absolute atomic E-state index is 0.103. The lowest BCUT2D eigenvalue weighted by atomic mass is 9.95. The van der Waals surface area contributed by atoms with Gasteiger partial charge < -0.3 is 14.8 Å². The summed E-state index contributed by atoms with van der Waals surface area (Å²) in [7, 11) is 0. The van der Waals surface area contributed by atoms with Gasteiger partial charge in [-0.15, -0.1) is 0 Å². The first-order valence-electron chi connectivity index (χ1n) is 6.79. The summed E-state index contributed by atoms with van der Waals surface area (Å²) in [5.74, 6) is 0. The number of carbonyl (C=O) groups excluding carboxylic acids is 1. The molecule has 0 aromatic heterocycles. The molecule has 0 atom stereocenters. The van der Waals surface area contributed by atoms with Crippen molar-refractivity contribution < 1.29 is 14.3 Å². The van der Waals surface area contributed by atoms with Gasteiger partial charge in [0.2, 0.25) is 0 Å². The molecule has 0 bridgehead atoms. The molecule has 3 N–H and O–H groups in total. The summed E-state index contributed by atoms with van der Waals surface area (Å²) in [6.45, 7) is 15.3. The molecule has 0 aliphatic heterocycles. The number of amides is 1. The highest BCUT2D eigenvalue weighted by Gasteiger charge is 2.24. The van der Waals surface area contributed by atoms with Crippen LogP contribution < -0.4 is 10.5 Å². The van der Waals surface area contributed by atoms with E-state index in [0.29, 0.717) is 19.8 Å². The van der Waals surface area contributed by atoms with Crippen molar-refractivity contribution >= 4 is 18.0 Å². The topological polar surface area (TPSA) is 73.6 Å². The normalized spacial score (nSPS) is 13.2. The smallest absolute Gasteiger partial charge is 0.407 e. The Morgan fingerprint density at radius 1 is 1.10 bits per heavy atom. The van der Waals surface area contributed by atoms with Crippen LogP contribution in [0.3, 0.4) is 0 Å². The average molecular weight is 306 g/mol. The van der Waals surface area contributed by atoms with E-state index < -0.39 is 11.7 Å². The van der Waals surface area contributed by atoms with Crippen molar-refractivity contribution in [2.45, 2.75) is 58.8 Å². The highest BCUT2D eigenvalue weighted by molar-refractivity contribution is 7.98. The van der Waals surface area contributed by atoms with Crippen LogP contribution in [0.5, 0.6) is 0 Å². The largest absolute Gasteiger partial charge is 0.444 e. The van der Waals surface area contributed by atoms with Crippen LogP contribution in [-0.4, -0.2) is 36.2 Å². The van der Waals surface area contributed by atoms with Crippen LogP contribution in [0.15, 0.2) is 0 Å².